The lowest BCUT2D eigenvalue weighted by molar-refractivity contribution is 0.547. The molecule has 4 nitrogen and oxygen atoms in total. The molecule has 0 aliphatic heterocycles. The molecule has 0 saturated heterocycles. The zero-order chi connectivity index (χ0) is 14.1. The summed E-state index contributed by atoms with van der Waals surface area (Å²) in [4.78, 5) is 0. The van der Waals surface area contributed by atoms with E-state index in [1.54, 1.807) is 12.1 Å². The third-order valence-electron chi connectivity index (χ3n) is 3.53. The third kappa shape index (κ3) is 2.56. The smallest absolute Gasteiger partial charge is 0.153 e. The number of nitriles is 1. The summed E-state index contributed by atoms with van der Waals surface area (Å²) >= 11 is 0. The van der Waals surface area contributed by atoms with Gasteiger partial charge in [-0.2, -0.15) is 5.26 Å². The van der Waals surface area contributed by atoms with Crippen LogP contribution in [-0.4, -0.2) is 25.5 Å². The van der Waals surface area contributed by atoms with E-state index >= 15 is 0 Å². The lowest BCUT2D eigenvalue weighted by Crippen LogP contribution is -2.47. The average Bonchev–Trinajstić information content (AvgIpc) is 2.76. The summed E-state index contributed by atoms with van der Waals surface area (Å²) in [7, 11) is -3.36. The molecular formula is C13H15FN2O2S. The number of halogens is 1. The molecule has 1 aromatic rings. The zero-order valence-corrected chi connectivity index (χ0v) is 11.4. The number of hydrogen-bond acceptors (Lipinski definition) is 4. The minimum atomic E-state index is -3.36. The van der Waals surface area contributed by atoms with Crippen LogP contribution in [0.1, 0.15) is 19.3 Å². The molecule has 0 heterocycles. The van der Waals surface area contributed by atoms with Crippen LogP contribution in [0.5, 0.6) is 0 Å². The second-order valence-electron chi connectivity index (χ2n) is 4.90. The zero-order valence-electron chi connectivity index (χ0n) is 10.6. The minimum Gasteiger partial charge on any atom is -0.364 e. The Kier molecular flexibility index (Phi) is 3.50. The summed E-state index contributed by atoms with van der Waals surface area (Å²) in [5, 5.41) is 11.4. The Morgan fingerprint density at radius 3 is 2.74 bits per heavy atom. The molecule has 0 amide bonds. The Balaban J connectivity index is 2.40. The molecule has 1 aromatic carbocycles. The van der Waals surface area contributed by atoms with Crippen LogP contribution in [0.3, 0.4) is 0 Å². The van der Waals surface area contributed by atoms with Gasteiger partial charge in [0, 0.05) is 6.26 Å². The van der Waals surface area contributed by atoms with Crippen molar-refractivity contribution in [3.05, 3.63) is 30.1 Å². The number of nitrogens with zero attached hydrogens (tertiary/aromatic N) is 1. The molecule has 1 N–H and O–H groups in total. The minimum absolute atomic E-state index is 0.166. The lowest BCUT2D eigenvalue weighted by Gasteiger charge is -2.29. The van der Waals surface area contributed by atoms with Crippen LogP contribution in [0.25, 0.3) is 0 Å². The van der Waals surface area contributed by atoms with Crippen molar-refractivity contribution in [1.82, 2.24) is 0 Å². The van der Waals surface area contributed by atoms with E-state index in [1.807, 2.05) is 0 Å². The predicted octanol–water partition coefficient (Wildman–Crippen LogP) is 2.10. The van der Waals surface area contributed by atoms with Crippen LogP contribution in [0.4, 0.5) is 10.1 Å². The Morgan fingerprint density at radius 1 is 1.47 bits per heavy atom. The highest BCUT2D eigenvalue weighted by Gasteiger charge is 2.49. The summed E-state index contributed by atoms with van der Waals surface area (Å²) in [6, 6.07) is 8.02. The van der Waals surface area contributed by atoms with Crippen molar-refractivity contribution in [2.24, 2.45) is 0 Å². The van der Waals surface area contributed by atoms with E-state index in [0.29, 0.717) is 19.3 Å². The van der Waals surface area contributed by atoms with Gasteiger partial charge in [0.1, 0.15) is 11.4 Å². The first kappa shape index (κ1) is 13.8. The second-order valence-corrected chi connectivity index (χ2v) is 7.13. The fourth-order valence-electron chi connectivity index (χ4n) is 2.65. The first-order valence-electron chi connectivity index (χ1n) is 6.02. The summed E-state index contributed by atoms with van der Waals surface area (Å²) in [6.07, 6.45) is 2.58. The van der Waals surface area contributed by atoms with E-state index in [9.17, 15) is 18.1 Å². The molecule has 19 heavy (non-hydrogen) atoms. The van der Waals surface area contributed by atoms with Crippen molar-refractivity contribution in [2.75, 3.05) is 11.6 Å². The van der Waals surface area contributed by atoms with Gasteiger partial charge < -0.3 is 5.32 Å². The summed E-state index contributed by atoms with van der Waals surface area (Å²) in [5.74, 6) is -0.490. The molecule has 0 radical (unpaired) electrons. The number of para-hydroxylation sites is 1. The van der Waals surface area contributed by atoms with Crippen molar-refractivity contribution >= 4 is 15.5 Å². The van der Waals surface area contributed by atoms with E-state index < -0.39 is 26.4 Å². The van der Waals surface area contributed by atoms with Crippen LogP contribution >= 0.6 is 0 Å². The third-order valence-corrected chi connectivity index (χ3v) is 5.21. The quantitative estimate of drug-likeness (QED) is 0.921. The fraction of sp³-hybridized carbons (Fsp3) is 0.462. The van der Waals surface area contributed by atoms with Crippen LogP contribution < -0.4 is 5.32 Å². The molecule has 0 aromatic heterocycles. The highest BCUT2D eigenvalue weighted by molar-refractivity contribution is 7.91. The summed E-state index contributed by atoms with van der Waals surface area (Å²) in [5.41, 5.74) is -1.07. The molecule has 1 aliphatic carbocycles. The SMILES string of the molecule is CS(=O)(=O)C1CCCC1(C#N)Nc1ccccc1F. The molecule has 102 valence electrons. The van der Waals surface area contributed by atoms with Gasteiger partial charge in [0.25, 0.3) is 0 Å². The highest BCUT2D eigenvalue weighted by Crippen LogP contribution is 2.37. The number of benzene rings is 1. The van der Waals surface area contributed by atoms with E-state index in [-0.39, 0.29) is 5.69 Å². The Bertz CT molecular complexity index is 624. The number of anilines is 1. The van der Waals surface area contributed by atoms with Gasteiger partial charge in [-0.05, 0) is 31.4 Å². The van der Waals surface area contributed by atoms with Gasteiger partial charge in [0.05, 0.1) is 17.0 Å². The maximum absolute atomic E-state index is 13.7. The highest BCUT2D eigenvalue weighted by atomic mass is 32.2. The molecule has 2 unspecified atom stereocenters. The van der Waals surface area contributed by atoms with Crippen LogP contribution in [0.2, 0.25) is 0 Å². The van der Waals surface area contributed by atoms with Gasteiger partial charge in [-0.1, -0.05) is 12.1 Å². The molecule has 1 saturated carbocycles. The van der Waals surface area contributed by atoms with E-state index in [2.05, 4.69) is 11.4 Å². The van der Waals surface area contributed by atoms with Gasteiger partial charge in [-0.25, -0.2) is 12.8 Å². The molecular weight excluding hydrogens is 267 g/mol. The average molecular weight is 282 g/mol. The van der Waals surface area contributed by atoms with Gasteiger partial charge in [0.15, 0.2) is 9.84 Å². The molecule has 6 heteroatoms. The first-order valence-corrected chi connectivity index (χ1v) is 7.97. The standard InChI is InChI=1S/C13H15FN2O2S/c1-19(17,18)12-7-4-8-13(12,9-15)16-11-6-3-2-5-10(11)14/h2-3,5-6,12,16H,4,7-8H2,1H3. The first-order chi connectivity index (χ1) is 8.89. The van der Waals surface area contributed by atoms with Crippen LogP contribution in [-0.2, 0) is 9.84 Å². The van der Waals surface area contributed by atoms with Gasteiger partial charge in [-0.15, -0.1) is 0 Å². The largest absolute Gasteiger partial charge is 0.364 e. The monoisotopic (exact) mass is 282 g/mol. The van der Waals surface area contributed by atoms with Crippen molar-refractivity contribution in [3.63, 3.8) is 0 Å². The topological polar surface area (TPSA) is 70.0 Å². The second kappa shape index (κ2) is 4.82. The fourth-order valence-corrected chi connectivity index (χ4v) is 4.21. The number of rotatable bonds is 3. The van der Waals surface area contributed by atoms with Crippen molar-refractivity contribution in [1.29, 1.82) is 5.26 Å². The van der Waals surface area contributed by atoms with Crippen molar-refractivity contribution < 1.29 is 12.8 Å². The molecule has 2 atom stereocenters. The Hall–Kier alpha value is -1.61. The van der Waals surface area contributed by atoms with Gasteiger partial charge >= 0.3 is 0 Å². The number of sulfone groups is 1. The van der Waals surface area contributed by atoms with E-state index in [1.165, 1.54) is 12.1 Å². The Morgan fingerprint density at radius 2 is 2.16 bits per heavy atom. The summed E-state index contributed by atoms with van der Waals surface area (Å²) < 4.78 is 37.2. The van der Waals surface area contributed by atoms with Crippen LogP contribution in [0.15, 0.2) is 24.3 Å². The number of hydrogen-bond donors (Lipinski definition) is 1. The summed E-state index contributed by atoms with van der Waals surface area (Å²) in [6.45, 7) is 0. The van der Waals surface area contributed by atoms with Gasteiger partial charge in [0.2, 0.25) is 0 Å². The molecule has 0 bridgehead atoms. The maximum atomic E-state index is 13.7. The normalized spacial score (nSPS) is 26.9. The molecule has 1 aliphatic rings. The lowest BCUT2D eigenvalue weighted by atomic mass is 9.98. The van der Waals surface area contributed by atoms with Crippen molar-refractivity contribution in [3.8, 4) is 6.07 Å². The van der Waals surface area contributed by atoms with Crippen molar-refractivity contribution in [2.45, 2.75) is 30.1 Å². The van der Waals surface area contributed by atoms with E-state index in [0.717, 1.165) is 6.26 Å². The van der Waals surface area contributed by atoms with Gasteiger partial charge in [-0.3, -0.25) is 0 Å². The van der Waals surface area contributed by atoms with Crippen LogP contribution in [0, 0.1) is 17.1 Å². The van der Waals surface area contributed by atoms with E-state index in [4.69, 9.17) is 0 Å². The molecule has 2 rings (SSSR count). The number of nitrogens with one attached hydrogen (secondary N) is 1. The molecule has 1 fully saturated rings. The Labute approximate surface area is 112 Å². The maximum Gasteiger partial charge on any atom is 0.153 e. The molecule has 0 spiro atoms. The predicted molar refractivity (Wildman–Crippen MR) is 70.8 cm³/mol.